The Labute approximate surface area is 83.4 Å². The van der Waals surface area contributed by atoms with E-state index in [0.29, 0.717) is 5.92 Å². The largest absolute Gasteiger partial charge is 0.469 e. The molecule has 0 aliphatic rings. The van der Waals surface area contributed by atoms with Crippen LogP contribution in [-0.2, 0) is 6.42 Å². The maximum absolute atomic E-state index is 5.23. The van der Waals surface area contributed by atoms with E-state index in [2.05, 4.69) is 31.9 Å². The van der Waals surface area contributed by atoms with E-state index >= 15 is 0 Å². The molecule has 0 saturated carbocycles. The Hall–Kier alpha value is 0.240. The molecule has 1 rings (SSSR count). The topological polar surface area (TPSA) is 13.1 Å². The quantitative estimate of drug-likeness (QED) is 0.773. The third-order valence-electron chi connectivity index (χ3n) is 1.51. The Morgan fingerprint density at radius 3 is 2.55 bits per heavy atom. The summed E-state index contributed by atoms with van der Waals surface area (Å²) in [5.74, 6) is 1.69. The Morgan fingerprint density at radius 2 is 2.09 bits per heavy atom. The molecule has 3 heteroatoms. The lowest BCUT2D eigenvalue weighted by Crippen LogP contribution is -2.06. The van der Waals surface area contributed by atoms with Gasteiger partial charge >= 0.3 is 0 Å². The minimum Gasteiger partial charge on any atom is -0.469 e. The number of rotatable bonds is 4. The molecule has 0 fully saturated rings. The van der Waals surface area contributed by atoms with E-state index in [-0.39, 0.29) is 0 Å². The molecule has 1 heterocycles. The van der Waals surface area contributed by atoms with Crippen molar-refractivity contribution in [2.45, 2.75) is 6.42 Å². The van der Waals surface area contributed by atoms with Crippen molar-refractivity contribution in [2.24, 2.45) is 5.92 Å². The smallest absolute Gasteiger partial charge is 0.104 e. The SMILES string of the molecule is BrCC(CBr)Cc1ccco1. The molecule has 1 nitrogen and oxygen atoms in total. The molecule has 0 aliphatic carbocycles. The van der Waals surface area contributed by atoms with Gasteiger partial charge in [0.1, 0.15) is 5.76 Å². The average molecular weight is 282 g/mol. The molecule has 0 unspecified atom stereocenters. The summed E-state index contributed by atoms with van der Waals surface area (Å²) in [6, 6.07) is 3.94. The van der Waals surface area contributed by atoms with Gasteiger partial charge in [-0.25, -0.2) is 0 Å². The molecule has 1 aromatic rings. The Balaban J connectivity index is 2.41. The molecule has 0 aliphatic heterocycles. The van der Waals surface area contributed by atoms with Crippen molar-refractivity contribution >= 4 is 31.9 Å². The second-order valence-corrected chi connectivity index (χ2v) is 3.75. The Morgan fingerprint density at radius 1 is 1.36 bits per heavy atom. The summed E-state index contributed by atoms with van der Waals surface area (Å²) in [6.07, 6.45) is 2.72. The molecule has 0 atom stereocenters. The van der Waals surface area contributed by atoms with Gasteiger partial charge in [-0.2, -0.15) is 0 Å². The van der Waals surface area contributed by atoms with E-state index in [1.54, 1.807) is 6.26 Å². The first-order chi connectivity index (χ1) is 5.36. The molecule has 0 amide bonds. The molecular formula is C8H10Br2O. The average Bonchev–Trinajstić information content (AvgIpc) is 2.52. The van der Waals surface area contributed by atoms with Crippen LogP contribution >= 0.6 is 31.9 Å². The predicted molar refractivity (Wildman–Crippen MR) is 53.5 cm³/mol. The van der Waals surface area contributed by atoms with Crippen molar-refractivity contribution < 1.29 is 4.42 Å². The summed E-state index contributed by atoms with van der Waals surface area (Å²) in [5, 5.41) is 2.03. The first-order valence-corrected chi connectivity index (χ1v) is 5.75. The zero-order chi connectivity index (χ0) is 8.10. The maximum Gasteiger partial charge on any atom is 0.104 e. The highest BCUT2D eigenvalue weighted by molar-refractivity contribution is 9.09. The van der Waals surface area contributed by atoms with Gasteiger partial charge in [0.25, 0.3) is 0 Å². The molecule has 0 saturated heterocycles. The highest BCUT2D eigenvalue weighted by Gasteiger charge is 2.07. The van der Waals surface area contributed by atoms with Gasteiger partial charge in [-0.1, -0.05) is 31.9 Å². The summed E-state index contributed by atoms with van der Waals surface area (Å²) in [6.45, 7) is 0. The summed E-state index contributed by atoms with van der Waals surface area (Å²) in [5.41, 5.74) is 0. The van der Waals surface area contributed by atoms with Gasteiger partial charge in [0.05, 0.1) is 6.26 Å². The summed E-state index contributed by atoms with van der Waals surface area (Å²) < 4.78 is 5.23. The van der Waals surface area contributed by atoms with Crippen LogP contribution in [0.1, 0.15) is 5.76 Å². The lowest BCUT2D eigenvalue weighted by atomic mass is 10.1. The van der Waals surface area contributed by atoms with Crippen molar-refractivity contribution in [2.75, 3.05) is 10.7 Å². The lowest BCUT2D eigenvalue weighted by molar-refractivity contribution is 0.479. The zero-order valence-electron chi connectivity index (χ0n) is 6.09. The van der Waals surface area contributed by atoms with Crippen LogP contribution in [-0.4, -0.2) is 10.7 Å². The maximum atomic E-state index is 5.23. The van der Waals surface area contributed by atoms with Crippen molar-refractivity contribution in [3.8, 4) is 0 Å². The normalized spacial score (nSPS) is 10.8. The van der Waals surface area contributed by atoms with Gasteiger partial charge in [0.2, 0.25) is 0 Å². The highest BCUT2D eigenvalue weighted by atomic mass is 79.9. The first kappa shape index (κ1) is 9.33. The van der Waals surface area contributed by atoms with E-state index < -0.39 is 0 Å². The van der Waals surface area contributed by atoms with Gasteiger partial charge in [0, 0.05) is 17.1 Å². The van der Waals surface area contributed by atoms with Gasteiger partial charge < -0.3 is 4.42 Å². The Bertz CT molecular complexity index is 180. The van der Waals surface area contributed by atoms with Gasteiger partial charge in [-0.05, 0) is 18.1 Å². The predicted octanol–water partition coefficient (Wildman–Crippen LogP) is 3.23. The van der Waals surface area contributed by atoms with Crippen LogP contribution < -0.4 is 0 Å². The number of furan rings is 1. The molecule has 0 bridgehead atoms. The summed E-state index contributed by atoms with van der Waals surface area (Å²) in [4.78, 5) is 0. The molecule has 0 spiro atoms. The van der Waals surface area contributed by atoms with Crippen LogP contribution in [0.4, 0.5) is 0 Å². The number of alkyl halides is 2. The molecule has 62 valence electrons. The third-order valence-corrected chi connectivity index (χ3v) is 3.34. The van der Waals surface area contributed by atoms with Crippen molar-refractivity contribution in [3.05, 3.63) is 24.2 Å². The standard InChI is InChI=1S/C8H10Br2O/c9-5-7(6-10)4-8-2-1-3-11-8/h1-3,7H,4-6H2. The van der Waals surface area contributed by atoms with Crippen LogP contribution in [0.5, 0.6) is 0 Å². The van der Waals surface area contributed by atoms with Crippen molar-refractivity contribution in [1.82, 2.24) is 0 Å². The van der Waals surface area contributed by atoms with Crippen LogP contribution in [0, 0.1) is 5.92 Å². The first-order valence-electron chi connectivity index (χ1n) is 3.51. The molecule has 0 radical (unpaired) electrons. The zero-order valence-corrected chi connectivity index (χ0v) is 9.27. The third kappa shape index (κ3) is 2.99. The second-order valence-electron chi connectivity index (χ2n) is 2.46. The lowest BCUT2D eigenvalue weighted by Gasteiger charge is -2.06. The molecular weight excluding hydrogens is 272 g/mol. The fraction of sp³-hybridized carbons (Fsp3) is 0.500. The van der Waals surface area contributed by atoms with Gasteiger partial charge in [-0.3, -0.25) is 0 Å². The van der Waals surface area contributed by atoms with Gasteiger partial charge in [-0.15, -0.1) is 0 Å². The fourth-order valence-electron chi connectivity index (χ4n) is 0.864. The van der Waals surface area contributed by atoms with Crippen LogP contribution in [0.2, 0.25) is 0 Å². The van der Waals surface area contributed by atoms with Crippen molar-refractivity contribution in [1.29, 1.82) is 0 Å². The van der Waals surface area contributed by atoms with E-state index in [4.69, 9.17) is 4.42 Å². The number of hydrogen-bond acceptors (Lipinski definition) is 1. The Kier molecular flexibility index (Phi) is 4.23. The number of hydrogen-bond donors (Lipinski definition) is 0. The van der Waals surface area contributed by atoms with E-state index in [9.17, 15) is 0 Å². The van der Waals surface area contributed by atoms with Crippen LogP contribution in [0.15, 0.2) is 22.8 Å². The molecule has 1 aromatic heterocycles. The summed E-state index contributed by atoms with van der Waals surface area (Å²) >= 11 is 6.90. The van der Waals surface area contributed by atoms with E-state index in [0.717, 1.165) is 22.8 Å². The second kappa shape index (κ2) is 4.99. The van der Waals surface area contributed by atoms with E-state index in [1.165, 1.54) is 0 Å². The van der Waals surface area contributed by atoms with Gasteiger partial charge in [0.15, 0.2) is 0 Å². The van der Waals surface area contributed by atoms with Crippen LogP contribution in [0.25, 0.3) is 0 Å². The molecule has 0 N–H and O–H groups in total. The number of halogens is 2. The van der Waals surface area contributed by atoms with Crippen molar-refractivity contribution in [3.63, 3.8) is 0 Å². The monoisotopic (exact) mass is 280 g/mol. The minimum absolute atomic E-state index is 0.626. The van der Waals surface area contributed by atoms with E-state index in [1.807, 2.05) is 12.1 Å². The van der Waals surface area contributed by atoms with Crippen LogP contribution in [0.3, 0.4) is 0 Å². The molecule has 11 heavy (non-hydrogen) atoms. The fourth-order valence-corrected chi connectivity index (χ4v) is 2.39. The molecule has 0 aromatic carbocycles. The minimum atomic E-state index is 0.626. The highest BCUT2D eigenvalue weighted by Crippen LogP contribution is 2.13. The summed E-state index contributed by atoms with van der Waals surface area (Å²) in [7, 11) is 0.